The van der Waals surface area contributed by atoms with E-state index in [1.165, 1.54) is 12.1 Å². The van der Waals surface area contributed by atoms with Crippen LogP contribution in [-0.2, 0) is 0 Å². The van der Waals surface area contributed by atoms with Gasteiger partial charge in [0.05, 0.1) is 17.0 Å². The molecule has 0 unspecified atom stereocenters. The van der Waals surface area contributed by atoms with Crippen LogP contribution in [0.3, 0.4) is 0 Å². The molecule has 0 spiro atoms. The van der Waals surface area contributed by atoms with E-state index in [1.54, 1.807) is 30.3 Å². The van der Waals surface area contributed by atoms with Gasteiger partial charge in [0.25, 0.3) is 0 Å². The van der Waals surface area contributed by atoms with Gasteiger partial charge in [-0.2, -0.15) is 0 Å². The second kappa shape index (κ2) is 7.09. The predicted octanol–water partition coefficient (Wildman–Crippen LogP) is 4.35. The zero-order valence-electron chi connectivity index (χ0n) is 14.1. The van der Waals surface area contributed by atoms with E-state index in [0.29, 0.717) is 27.4 Å². The van der Waals surface area contributed by atoms with Crippen molar-refractivity contribution >= 4 is 34.2 Å². The Morgan fingerprint density at radius 2 is 1.74 bits per heavy atom. The van der Waals surface area contributed by atoms with Gasteiger partial charge in [0.15, 0.2) is 0 Å². The highest BCUT2D eigenvalue weighted by molar-refractivity contribution is 6.31. The van der Waals surface area contributed by atoms with E-state index in [-0.39, 0.29) is 5.56 Å². The van der Waals surface area contributed by atoms with Crippen molar-refractivity contribution < 1.29 is 14.3 Å². The van der Waals surface area contributed by atoms with Crippen molar-refractivity contribution in [3.8, 4) is 11.3 Å². The molecule has 0 aliphatic carbocycles. The van der Waals surface area contributed by atoms with Gasteiger partial charge in [-0.05, 0) is 35.9 Å². The minimum absolute atomic E-state index is 0.0717. The smallest absolute Gasteiger partial charge is 0.136 e. The Morgan fingerprint density at radius 3 is 2.52 bits per heavy atom. The highest BCUT2D eigenvalue weighted by Crippen LogP contribution is 2.24. The quantitative estimate of drug-likeness (QED) is 0.535. The SMILES string of the molecule is O=C([O-])c1cccc(N=c2cc(-c3ccccc3)oc3ccc(Cl)cc23)c1. The van der Waals surface area contributed by atoms with Gasteiger partial charge >= 0.3 is 0 Å². The third-order valence-electron chi connectivity index (χ3n) is 4.10. The molecule has 0 aliphatic rings. The van der Waals surface area contributed by atoms with Gasteiger partial charge in [-0.15, -0.1) is 0 Å². The monoisotopic (exact) mass is 374 g/mol. The molecule has 5 heteroatoms. The molecule has 132 valence electrons. The number of halogens is 1. The molecule has 0 atom stereocenters. The number of carbonyl (C=O) groups is 1. The van der Waals surface area contributed by atoms with Crippen LogP contribution in [0.15, 0.2) is 88.3 Å². The molecule has 0 N–H and O–H groups in total. The zero-order valence-corrected chi connectivity index (χ0v) is 14.8. The van der Waals surface area contributed by atoms with E-state index < -0.39 is 5.97 Å². The summed E-state index contributed by atoms with van der Waals surface area (Å²) < 4.78 is 6.02. The zero-order chi connectivity index (χ0) is 18.8. The van der Waals surface area contributed by atoms with Crippen LogP contribution in [0.4, 0.5) is 5.69 Å². The Kier molecular flexibility index (Phi) is 4.48. The van der Waals surface area contributed by atoms with E-state index in [1.807, 2.05) is 36.4 Å². The van der Waals surface area contributed by atoms with Crippen LogP contribution in [0.5, 0.6) is 0 Å². The molecule has 3 aromatic carbocycles. The predicted molar refractivity (Wildman–Crippen MR) is 103 cm³/mol. The number of carboxylic acids is 1. The maximum absolute atomic E-state index is 11.1. The Labute approximate surface area is 160 Å². The fourth-order valence-corrected chi connectivity index (χ4v) is 2.99. The maximum Gasteiger partial charge on any atom is 0.136 e. The van der Waals surface area contributed by atoms with E-state index >= 15 is 0 Å². The summed E-state index contributed by atoms with van der Waals surface area (Å²) in [7, 11) is 0. The molecule has 0 bridgehead atoms. The molecular formula is C22H13ClNO3-. The van der Waals surface area contributed by atoms with Crippen LogP contribution in [0, 0.1) is 0 Å². The minimum Gasteiger partial charge on any atom is -0.545 e. The molecule has 0 saturated carbocycles. The van der Waals surface area contributed by atoms with E-state index in [4.69, 9.17) is 16.0 Å². The van der Waals surface area contributed by atoms with E-state index in [9.17, 15) is 9.90 Å². The summed E-state index contributed by atoms with van der Waals surface area (Å²) in [5.41, 5.74) is 2.12. The van der Waals surface area contributed by atoms with E-state index in [2.05, 4.69) is 4.99 Å². The van der Waals surface area contributed by atoms with Crippen LogP contribution >= 0.6 is 11.6 Å². The second-order valence-electron chi connectivity index (χ2n) is 5.95. The lowest BCUT2D eigenvalue weighted by Gasteiger charge is -2.06. The fraction of sp³-hybridized carbons (Fsp3) is 0. The van der Waals surface area contributed by atoms with Crippen molar-refractivity contribution in [3.63, 3.8) is 0 Å². The van der Waals surface area contributed by atoms with Crippen molar-refractivity contribution in [2.45, 2.75) is 0 Å². The molecule has 1 heterocycles. The summed E-state index contributed by atoms with van der Waals surface area (Å²) in [4.78, 5) is 15.7. The summed E-state index contributed by atoms with van der Waals surface area (Å²) in [5.74, 6) is -0.590. The van der Waals surface area contributed by atoms with Crippen molar-refractivity contribution in [3.05, 3.63) is 94.8 Å². The summed E-state index contributed by atoms with van der Waals surface area (Å²) in [6, 6.07) is 23.1. The van der Waals surface area contributed by atoms with Gasteiger partial charge in [0.2, 0.25) is 0 Å². The van der Waals surface area contributed by atoms with Crippen LogP contribution < -0.4 is 10.5 Å². The third kappa shape index (κ3) is 3.61. The third-order valence-corrected chi connectivity index (χ3v) is 4.33. The van der Waals surface area contributed by atoms with Crippen molar-refractivity contribution in [2.24, 2.45) is 4.99 Å². The first-order valence-electron chi connectivity index (χ1n) is 8.25. The van der Waals surface area contributed by atoms with Gasteiger partial charge in [0.1, 0.15) is 11.3 Å². The number of hydrogen-bond acceptors (Lipinski definition) is 4. The lowest BCUT2D eigenvalue weighted by molar-refractivity contribution is -0.255. The number of rotatable bonds is 3. The summed E-state index contributed by atoms with van der Waals surface area (Å²) in [5, 5.41) is 13.0. The summed E-state index contributed by atoms with van der Waals surface area (Å²) in [6.45, 7) is 0. The number of hydrogen-bond donors (Lipinski definition) is 0. The fourth-order valence-electron chi connectivity index (χ4n) is 2.82. The highest BCUT2D eigenvalue weighted by atomic mass is 35.5. The standard InChI is InChI=1S/C22H14ClNO3/c23-16-9-10-20-18(12-16)19(13-21(27-20)14-5-2-1-3-6-14)24-17-8-4-7-15(11-17)22(25)26/h1-13H,(H,25,26)/p-1. The highest BCUT2D eigenvalue weighted by Gasteiger charge is 2.07. The van der Waals surface area contributed by atoms with E-state index in [0.717, 1.165) is 10.9 Å². The van der Waals surface area contributed by atoms with Crippen LogP contribution in [0.25, 0.3) is 22.3 Å². The van der Waals surface area contributed by atoms with Crippen molar-refractivity contribution in [1.29, 1.82) is 0 Å². The average molecular weight is 375 g/mol. The van der Waals surface area contributed by atoms with Gasteiger partial charge in [-0.1, -0.05) is 54.1 Å². The largest absolute Gasteiger partial charge is 0.545 e. The molecule has 4 aromatic rings. The lowest BCUT2D eigenvalue weighted by Crippen LogP contribution is -2.21. The summed E-state index contributed by atoms with van der Waals surface area (Å²) >= 11 is 6.15. The normalized spacial score (nSPS) is 11.7. The molecule has 1 aromatic heterocycles. The van der Waals surface area contributed by atoms with Gasteiger partial charge in [-0.3, -0.25) is 0 Å². The first-order chi connectivity index (χ1) is 13.1. The van der Waals surface area contributed by atoms with Gasteiger partial charge < -0.3 is 14.3 Å². The Bertz CT molecular complexity index is 1210. The first kappa shape index (κ1) is 17.1. The Morgan fingerprint density at radius 1 is 0.926 bits per heavy atom. The van der Waals surface area contributed by atoms with Crippen LogP contribution in [0.2, 0.25) is 5.02 Å². The number of carboxylic acid groups (broad SMARTS) is 1. The Balaban J connectivity index is 1.99. The molecule has 0 amide bonds. The lowest BCUT2D eigenvalue weighted by atomic mass is 10.1. The average Bonchev–Trinajstić information content (AvgIpc) is 2.69. The molecule has 4 nitrogen and oxygen atoms in total. The topological polar surface area (TPSA) is 65.6 Å². The molecule has 0 saturated heterocycles. The maximum atomic E-state index is 11.1. The summed E-state index contributed by atoms with van der Waals surface area (Å²) in [6.07, 6.45) is 0. The number of benzene rings is 3. The molecule has 0 fully saturated rings. The number of fused-ring (bicyclic) bond motifs is 1. The molecule has 4 rings (SSSR count). The van der Waals surface area contributed by atoms with Crippen LogP contribution in [0.1, 0.15) is 10.4 Å². The van der Waals surface area contributed by atoms with Crippen molar-refractivity contribution in [1.82, 2.24) is 0 Å². The Hall–Kier alpha value is -3.37. The first-order valence-corrected chi connectivity index (χ1v) is 8.63. The number of carbonyl (C=O) groups excluding carboxylic acids is 1. The molecule has 0 aliphatic heterocycles. The van der Waals surface area contributed by atoms with Crippen LogP contribution in [-0.4, -0.2) is 5.97 Å². The molecule has 27 heavy (non-hydrogen) atoms. The van der Waals surface area contributed by atoms with Crippen molar-refractivity contribution in [2.75, 3.05) is 0 Å². The molecular weight excluding hydrogens is 362 g/mol. The van der Waals surface area contributed by atoms with Gasteiger partial charge in [-0.25, -0.2) is 4.99 Å². The second-order valence-corrected chi connectivity index (χ2v) is 6.39. The molecule has 0 radical (unpaired) electrons. The van der Waals surface area contributed by atoms with Gasteiger partial charge in [0, 0.05) is 22.0 Å². The number of nitrogens with zero attached hydrogens (tertiary/aromatic N) is 1. The number of aromatic carboxylic acids is 1. The minimum atomic E-state index is -1.24.